The molecule has 21 heavy (non-hydrogen) atoms. The fourth-order valence-electron chi connectivity index (χ4n) is 2.68. The molecule has 1 aliphatic rings. The molecular formula is C15H24N2O3S. The summed E-state index contributed by atoms with van der Waals surface area (Å²) in [5.41, 5.74) is 2.41. The van der Waals surface area contributed by atoms with Crippen LogP contribution >= 0.6 is 0 Å². The van der Waals surface area contributed by atoms with Gasteiger partial charge < -0.3 is 9.64 Å². The van der Waals surface area contributed by atoms with Crippen LogP contribution in [0.4, 0.5) is 5.69 Å². The van der Waals surface area contributed by atoms with Gasteiger partial charge in [0.1, 0.15) is 0 Å². The maximum absolute atomic E-state index is 12.0. The molecule has 0 saturated heterocycles. The summed E-state index contributed by atoms with van der Waals surface area (Å²) in [6.07, 6.45) is 0.655. The topological polar surface area (TPSA) is 58.6 Å². The molecule has 0 amide bonds. The fraction of sp³-hybridized carbons (Fsp3) is 0.600. The van der Waals surface area contributed by atoms with Gasteiger partial charge in [0.15, 0.2) is 0 Å². The van der Waals surface area contributed by atoms with Crippen LogP contribution in [0.25, 0.3) is 0 Å². The van der Waals surface area contributed by atoms with Crippen LogP contribution in [0.5, 0.6) is 0 Å². The van der Waals surface area contributed by atoms with Crippen molar-refractivity contribution in [2.75, 3.05) is 37.9 Å². The molecule has 6 heteroatoms. The van der Waals surface area contributed by atoms with Gasteiger partial charge in [0, 0.05) is 38.9 Å². The largest absolute Gasteiger partial charge is 0.381 e. The lowest BCUT2D eigenvalue weighted by molar-refractivity contribution is 0.136. The summed E-state index contributed by atoms with van der Waals surface area (Å²) in [7, 11) is 0.293. The summed E-state index contributed by atoms with van der Waals surface area (Å²) in [5.74, 6) is 0.225. The minimum absolute atomic E-state index is 0.00221. The Morgan fingerprint density at radius 3 is 2.86 bits per heavy atom. The molecular weight excluding hydrogens is 288 g/mol. The lowest BCUT2D eigenvalue weighted by atomic mass is 9.90. The normalized spacial score (nSPS) is 20.1. The predicted octanol–water partition coefficient (Wildman–Crippen LogP) is 1.56. The number of nitrogens with one attached hydrogen (secondary N) is 1. The zero-order chi connectivity index (χ0) is 15.5. The average molecular weight is 312 g/mol. The third-order valence-electron chi connectivity index (χ3n) is 4.01. The van der Waals surface area contributed by atoms with Gasteiger partial charge in [-0.15, -0.1) is 0 Å². The Bertz CT molecular complexity index is 574. The highest BCUT2D eigenvalue weighted by Crippen LogP contribution is 2.33. The third kappa shape index (κ3) is 4.18. The number of ether oxygens (including phenoxy) is 1. The standard InChI is InChI=1S/C15H24N2O3S/c1-12(20-3)11-21(18,19)16-10-13-8-9-17(2)15-7-5-4-6-14(13)15/h4-7,12-13,16H,8-11H2,1-3H3/t12-,13+/m0/s1. The highest BCUT2D eigenvalue weighted by Gasteiger charge is 2.24. The number of para-hydroxylation sites is 1. The van der Waals surface area contributed by atoms with Gasteiger partial charge in [-0.1, -0.05) is 18.2 Å². The first-order chi connectivity index (χ1) is 9.93. The predicted molar refractivity (Wildman–Crippen MR) is 85.3 cm³/mol. The molecule has 118 valence electrons. The van der Waals surface area contributed by atoms with Crippen LogP contribution in [0.2, 0.25) is 0 Å². The second-order valence-corrected chi connectivity index (χ2v) is 7.49. The number of anilines is 1. The van der Waals surface area contributed by atoms with E-state index in [1.165, 1.54) is 18.4 Å². The van der Waals surface area contributed by atoms with E-state index in [0.717, 1.165) is 13.0 Å². The van der Waals surface area contributed by atoms with Gasteiger partial charge >= 0.3 is 0 Å². The Hall–Kier alpha value is -1.11. The van der Waals surface area contributed by atoms with Crippen molar-refractivity contribution in [3.8, 4) is 0 Å². The van der Waals surface area contributed by atoms with E-state index in [2.05, 4.69) is 28.8 Å². The molecule has 1 aromatic carbocycles. The van der Waals surface area contributed by atoms with Crippen molar-refractivity contribution in [3.05, 3.63) is 29.8 Å². The van der Waals surface area contributed by atoms with Crippen molar-refractivity contribution in [3.63, 3.8) is 0 Å². The third-order valence-corrected chi connectivity index (χ3v) is 5.52. The van der Waals surface area contributed by atoms with Crippen LogP contribution in [0.3, 0.4) is 0 Å². The molecule has 1 heterocycles. The Morgan fingerprint density at radius 1 is 1.43 bits per heavy atom. The van der Waals surface area contributed by atoms with Crippen LogP contribution in [-0.4, -0.2) is 47.5 Å². The molecule has 0 fully saturated rings. The maximum Gasteiger partial charge on any atom is 0.214 e. The Morgan fingerprint density at radius 2 is 2.14 bits per heavy atom. The van der Waals surface area contributed by atoms with Crippen LogP contribution in [0.1, 0.15) is 24.8 Å². The molecule has 0 aromatic heterocycles. The van der Waals surface area contributed by atoms with Gasteiger partial charge in [-0.3, -0.25) is 0 Å². The second kappa shape index (κ2) is 6.77. The Balaban J connectivity index is 2.03. The molecule has 1 N–H and O–H groups in total. The first-order valence-electron chi connectivity index (χ1n) is 7.23. The molecule has 0 spiro atoms. The second-order valence-electron chi connectivity index (χ2n) is 5.64. The van der Waals surface area contributed by atoms with E-state index in [1.54, 1.807) is 6.92 Å². The van der Waals surface area contributed by atoms with Crippen molar-refractivity contribution in [2.45, 2.75) is 25.4 Å². The van der Waals surface area contributed by atoms with Gasteiger partial charge in [0.25, 0.3) is 0 Å². The first kappa shape index (κ1) is 16.3. The summed E-state index contributed by atoms with van der Waals surface area (Å²) in [4.78, 5) is 2.22. The number of hydrogen-bond acceptors (Lipinski definition) is 4. The number of benzene rings is 1. The van der Waals surface area contributed by atoms with Crippen molar-refractivity contribution in [1.29, 1.82) is 0 Å². The molecule has 5 nitrogen and oxygen atoms in total. The van der Waals surface area contributed by atoms with Gasteiger partial charge in [-0.25, -0.2) is 13.1 Å². The van der Waals surface area contributed by atoms with Crippen molar-refractivity contribution < 1.29 is 13.2 Å². The van der Waals surface area contributed by atoms with Crippen LogP contribution in [0, 0.1) is 0 Å². The van der Waals surface area contributed by atoms with Crippen LogP contribution in [-0.2, 0) is 14.8 Å². The van der Waals surface area contributed by atoms with E-state index in [1.807, 2.05) is 12.1 Å². The molecule has 0 bridgehead atoms. The number of fused-ring (bicyclic) bond motifs is 1. The number of rotatable bonds is 6. The van der Waals surface area contributed by atoms with E-state index in [0.29, 0.717) is 6.54 Å². The summed E-state index contributed by atoms with van der Waals surface area (Å²) >= 11 is 0. The van der Waals surface area contributed by atoms with Gasteiger partial charge in [0.2, 0.25) is 10.0 Å². The molecule has 0 unspecified atom stereocenters. The highest BCUT2D eigenvalue weighted by atomic mass is 32.2. The summed E-state index contributed by atoms with van der Waals surface area (Å²) in [6.45, 7) is 3.14. The quantitative estimate of drug-likeness (QED) is 0.866. The SMILES string of the molecule is CO[C@@H](C)CS(=O)(=O)NC[C@H]1CCN(C)c2ccccc21. The van der Waals surface area contributed by atoms with E-state index < -0.39 is 10.0 Å². The summed E-state index contributed by atoms with van der Waals surface area (Å²) < 4.78 is 31.8. The zero-order valence-electron chi connectivity index (χ0n) is 12.9. The number of methoxy groups -OCH3 is 1. The first-order valence-corrected chi connectivity index (χ1v) is 8.88. The average Bonchev–Trinajstić information content (AvgIpc) is 2.46. The monoisotopic (exact) mass is 312 g/mol. The lowest BCUT2D eigenvalue weighted by Gasteiger charge is -2.33. The highest BCUT2D eigenvalue weighted by molar-refractivity contribution is 7.89. The lowest BCUT2D eigenvalue weighted by Crippen LogP contribution is -2.37. The minimum atomic E-state index is -3.30. The fourth-order valence-corrected chi connectivity index (χ4v) is 4.01. The van der Waals surface area contributed by atoms with Crippen molar-refractivity contribution in [2.24, 2.45) is 0 Å². The summed E-state index contributed by atoms with van der Waals surface area (Å²) in [5, 5.41) is 0. The molecule has 0 aliphatic carbocycles. The molecule has 2 atom stereocenters. The smallest absolute Gasteiger partial charge is 0.214 e. The molecule has 1 aliphatic heterocycles. The van der Waals surface area contributed by atoms with E-state index in [9.17, 15) is 8.42 Å². The molecule has 0 saturated carbocycles. The maximum atomic E-state index is 12.0. The van der Waals surface area contributed by atoms with E-state index in [-0.39, 0.29) is 17.8 Å². The van der Waals surface area contributed by atoms with Crippen molar-refractivity contribution >= 4 is 15.7 Å². The number of hydrogen-bond donors (Lipinski definition) is 1. The van der Waals surface area contributed by atoms with Crippen LogP contribution in [0.15, 0.2) is 24.3 Å². The molecule has 2 rings (SSSR count). The van der Waals surface area contributed by atoms with E-state index >= 15 is 0 Å². The van der Waals surface area contributed by atoms with Crippen molar-refractivity contribution in [1.82, 2.24) is 4.72 Å². The van der Waals surface area contributed by atoms with Gasteiger partial charge in [-0.2, -0.15) is 0 Å². The zero-order valence-corrected chi connectivity index (χ0v) is 13.7. The molecule has 0 radical (unpaired) electrons. The van der Waals surface area contributed by atoms with E-state index in [4.69, 9.17) is 4.74 Å². The minimum Gasteiger partial charge on any atom is -0.381 e. The number of sulfonamides is 1. The molecule has 1 aromatic rings. The van der Waals surface area contributed by atoms with Gasteiger partial charge in [0.05, 0.1) is 11.9 Å². The number of nitrogens with zero attached hydrogens (tertiary/aromatic N) is 1. The van der Waals surface area contributed by atoms with Crippen LogP contribution < -0.4 is 9.62 Å². The Labute approximate surface area is 127 Å². The summed E-state index contributed by atoms with van der Waals surface area (Å²) in [6, 6.07) is 8.19. The van der Waals surface area contributed by atoms with Gasteiger partial charge in [-0.05, 0) is 25.0 Å². The Kier molecular flexibility index (Phi) is 5.24.